The Morgan fingerprint density at radius 3 is 2.81 bits per heavy atom. The van der Waals surface area contributed by atoms with E-state index in [9.17, 15) is 19.7 Å². The zero-order chi connectivity index (χ0) is 18.8. The van der Waals surface area contributed by atoms with Gasteiger partial charge in [0, 0.05) is 28.0 Å². The number of esters is 1. The first-order chi connectivity index (χ1) is 12.3. The Morgan fingerprint density at radius 2 is 2.08 bits per heavy atom. The Hall–Kier alpha value is -2.82. The molecule has 0 saturated carbocycles. The first kappa shape index (κ1) is 18.0. The quantitative estimate of drug-likeness (QED) is 0.254. The SMILES string of the molecule is Cc1ccc2nc(COC(=O)c3cc([N+](=O)[O-])ccc3I)cc(=O)n2c1. The van der Waals surface area contributed by atoms with Gasteiger partial charge in [0.2, 0.25) is 0 Å². The van der Waals surface area contributed by atoms with Gasteiger partial charge >= 0.3 is 5.97 Å². The molecule has 0 saturated heterocycles. The van der Waals surface area contributed by atoms with E-state index in [1.54, 1.807) is 12.3 Å². The fraction of sp³-hybridized carbons (Fsp3) is 0.118. The van der Waals surface area contributed by atoms with Crippen LogP contribution in [0.5, 0.6) is 0 Å². The van der Waals surface area contributed by atoms with Crippen molar-refractivity contribution in [2.75, 3.05) is 0 Å². The van der Waals surface area contributed by atoms with E-state index < -0.39 is 10.9 Å². The minimum absolute atomic E-state index is 0.0907. The van der Waals surface area contributed by atoms with Gasteiger partial charge in [-0.15, -0.1) is 0 Å². The van der Waals surface area contributed by atoms with Crippen molar-refractivity contribution in [2.24, 2.45) is 0 Å². The van der Waals surface area contributed by atoms with Crippen LogP contribution in [0.4, 0.5) is 5.69 Å². The number of fused-ring (bicyclic) bond motifs is 1. The van der Waals surface area contributed by atoms with E-state index in [0.717, 1.165) is 11.6 Å². The molecule has 1 aromatic carbocycles. The van der Waals surface area contributed by atoms with Gasteiger partial charge < -0.3 is 4.74 Å². The van der Waals surface area contributed by atoms with Gasteiger partial charge in [-0.05, 0) is 47.2 Å². The summed E-state index contributed by atoms with van der Waals surface area (Å²) in [5.74, 6) is -0.719. The van der Waals surface area contributed by atoms with Crippen LogP contribution in [0.25, 0.3) is 5.65 Å². The van der Waals surface area contributed by atoms with Crippen LogP contribution in [0.3, 0.4) is 0 Å². The molecule has 0 radical (unpaired) electrons. The van der Waals surface area contributed by atoms with Crippen LogP contribution >= 0.6 is 22.6 Å². The van der Waals surface area contributed by atoms with Crippen molar-refractivity contribution in [1.82, 2.24) is 9.38 Å². The molecule has 26 heavy (non-hydrogen) atoms. The van der Waals surface area contributed by atoms with Crippen LogP contribution in [-0.2, 0) is 11.3 Å². The standard InChI is InChI=1S/C17H12IN3O5/c1-10-2-5-15-19-11(6-16(22)20(15)8-10)9-26-17(23)13-7-12(21(24)25)3-4-14(13)18/h2-8H,9H2,1H3. The average Bonchev–Trinajstić information content (AvgIpc) is 2.60. The van der Waals surface area contributed by atoms with E-state index in [1.807, 2.05) is 35.6 Å². The number of carbonyl (C=O) groups is 1. The molecule has 0 N–H and O–H groups in total. The molecule has 3 aromatic rings. The molecule has 2 aromatic heterocycles. The number of pyridine rings is 1. The van der Waals surface area contributed by atoms with Crippen LogP contribution in [-0.4, -0.2) is 20.3 Å². The second kappa shape index (κ2) is 7.20. The van der Waals surface area contributed by atoms with E-state index >= 15 is 0 Å². The molecule has 8 nitrogen and oxygen atoms in total. The highest BCUT2D eigenvalue weighted by atomic mass is 127. The summed E-state index contributed by atoms with van der Waals surface area (Å²) in [6, 6.07) is 8.76. The van der Waals surface area contributed by atoms with Gasteiger partial charge in [-0.25, -0.2) is 9.78 Å². The summed E-state index contributed by atoms with van der Waals surface area (Å²) >= 11 is 1.90. The molecule has 0 unspecified atom stereocenters. The highest BCUT2D eigenvalue weighted by molar-refractivity contribution is 14.1. The molecule has 0 bridgehead atoms. The largest absolute Gasteiger partial charge is 0.456 e. The normalized spacial score (nSPS) is 10.7. The molecule has 3 rings (SSSR count). The third-order valence-electron chi connectivity index (χ3n) is 3.59. The molecular formula is C17H12IN3O5. The summed E-state index contributed by atoms with van der Waals surface area (Å²) in [5.41, 5.74) is 1.27. The van der Waals surface area contributed by atoms with Crippen molar-refractivity contribution in [3.05, 3.63) is 83.5 Å². The Balaban J connectivity index is 1.83. The number of carbonyl (C=O) groups excluding carboxylic acids is 1. The van der Waals surface area contributed by atoms with Gasteiger partial charge in [-0.3, -0.25) is 19.3 Å². The van der Waals surface area contributed by atoms with Crippen molar-refractivity contribution in [3.8, 4) is 0 Å². The predicted octanol–water partition coefficient (Wildman–Crippen LogP) is 2.87. The number of aryl methyl sites for hydroxylation is 1. The molecule has 132 valence electrons. The molecule has 0 spiro atoms. The monoisotopic (exact) mass is 465 g/mol. The molecule has 0 atom stereocenters. The second-order valence-electron chi connectivity index (χ2n) is 5.52. The fourth-order valence-electron chi connectivity index (χ4n) is 2.33. The lowest BCUT2D eigenvalue weighted by Gasteiger charge is -2.07. The van der Waals surface area contributed by atoms with E-state index in [-0.39, 0.29) is 23.4 Å². The number of ether oxygens (including phenoxy) is 1. The van der Waals surface area contributed by atoms with Gasteiger partial charge in [0.1, 0.15) is 12.3 Å². The smallest absolute Gasteiger partial charge is 0.339 e. The van der Waals surface area contributed by atoms with Crippen molar-refractivity contribution in [2.45, 2.75) is 13.5 Å². The molecule has 0 amide bonds. The Kier molecular flexibility index (Phi) is 4.98. The number of rotatable bonds is 4. The lowest BCUT2D eigenvalue weighted by atomic mass is 10.2. The zero-order valence-corrected chi connectivity index (χ0v) is 15.7. The van der Waals surface area contributed by atoms with E-state index in [1.165, 1.54) is 22.6 Å². The number of aromatic nitrogens is 2. The van der Waals surface area contributed by atoms with E-state index in [4.69, 9.17) is 4.74 Å². The van der Waals surface area contributed by atoms with Crippen LogP contribution in [0.1, 0.15) is 21.6 Å². The second-order valence-corrected chi connectivity index (χ2v) is 6.68. The van der Waals surface area contributed by atoms with Crippen molar-refractivity contribution in [1.29, 1.82) is 0 Å². The highest BCUT2D eigenvalue weighted by Crippen LogP contribution is 2.20. The van der Waals surface area contributed by atoms with Gasteiger partial charge in [-0.2, -0.15) is 0 Å². The maximum Gasteiger partial charge on any atom is 0.339 e. The number of benzene rings is 1. The van der Waals surface area contributed by atoms with Crippen LogP contribution < -0.4 is 5.56 Å². The summed E-state index contributed by atoms with van der Waals surface area (Å²) in [5, 5.41) is 10.9. The van der Waals surface area contributed by atoms with Crippen LogP contribution in [0, 0.1) is 20.6 Å². The summed E-state index contributed by atoms with van der Waals surface area (Å²) in [7, 11) is 0. The Morgan fingerprint density at radius 1 is 1.31 bits per heavy atom. The van der Waals surface area contributed by atoms with Gasteiger partial charge in [0.15, 0.2) is 0 Å². The zero-order valence-electron chi connectivity index (χ0n) is 13.5. The Labute approximate surface area is 160 Å². The molecule has 0 aliphatic carbocycles. The summed E-state index contributed by atoms with van der Waals surface area (Å²) in [4.78, 5) is 39.0. The van der Waals surface area contributed by atoms with Crippen molar-refractivity contribution < 1.29 is 14.5 Å². The lowest BCUT2D eigenvalue weighted by molar-refractivity contribution is -0.384. The van der Waals surface area contributed by atoms with Gasteiger partial charge in [0.05, 0.1) is 16.2 Å². The van der Waals surface area contributed by atoms with Crippen molar-refractivity contribution >= 4 is 39.9 Å². The number of nitro groups is 1. The minimum Gasteiger partial charge on any atom is -0.456 e. The molecule has 9 heteroatoms. The third kappa shape index (κ3) is 3.72. The number of nitrogens with zero attached hydrogens (tertiary/aromatic N) is 3. The molecule has 2 heterocycles. The third-order valence-corrected chi connectivity index (χ3v) is 4.53. The topological polar surface area (TPSA) is 104 Å². The van der Waals surface area contributed by atoms with E-state index in [2.05, 4.69) is 4.98 Å². The number of halogens is 1. The maximum absolute atomic E-state index is 12.2. The fourth-order valence-corrected chi connectivity index (χ4v) is 2.89. The minimum atomic E-state index is -0.719. The molecule has 0 aliphatic rings. The van der Waals surface area contributed by atoms with E-state index in [0.29, 0.717) is 14.9 Å². The number of hydrogen-bond acceptors (Lipinski definition) is 6. The number of non-ortho nitro benzene ring substituents is 1. The summed E-state index contributed by atoms with van der Waals surface area (Å²) in [6.07, 6.45) is 1.67. The number of nitro benzene ring substituents is 1. The highest BCUT2D eigenvalue weighted by Gasteiger charge is 2.17. The van der Waals surface area contributed by atoms with Crippen LogP contribution in [0.15, 0.2) is 47.4 Å². The first-order valence-corrected chi connectivity index (χ1v) is 8.53. The molecule has 0 aliphatic heterocycles. The summed E-state index contributed by atoms with van der Waals surface area (Å²) < 4.78 is 7.12. The lowest BCUT2D eigenvalue weighted by Crippen LogP contribution is -2.17. The average molecular weight is 465 g/mol. The number of hydrogen-bond donors (Lipinski definition) is 0. The van der Waals surface area contributed by atoms with Crippen molar-refractivity contribution in [3.63, 3.8) is 0 Å². The maximum atomic E-state index is 12.2. The predicted molar refractivity (Wildman–Crippen MR) is 101 cm³/mol. The first-order valence-electron chi connectivity index (χ1n) is 7.45. The molecular weight excluding hydrogens is 453 g/mol. The summed E-state index contributed by atoms with van der Waals surface area (Å²) in [6.45, 7) is 1.65. The van der Waals surface area contributed by atoms with Gasteiger partial charge in [0.25, 0.3) is 11.2 Å². The van der Waals surface area contributed by atoms with Crippen LogP contribution in [0.2, 0.25) is 0 Å². The Bertz CT molecular complexity index is 1090. The molecule has 0 fully saturated rings. The van der Waals surface area contributed by atoms with Gasteiger partial charge in [-0.1, -0.05) is 6.07 Å².